The molecule has 0 bridgehead atoms. The second-order valence-corrected chi connectivity index (χ2v) is 28.4. The van der Waals surface area contributed by atoms with Crippen LogP contribution in [-0.2, 0) is 96.4 Å². The summed E-state index contributed by atoms with van der Waals surface area (Å²) in [4.78, 5) is 21.4. The van der Waals surface area contributed by atoms with Crippen molar-refractivity contribution in [1.82, 2.24) is 55.6 Å². The normalized spacial score (nSPS) is 14.5. The summed E-state index contributed by atoms with van der Waals surface area (Å²) in [6.45, 7) is 51.1. The maximum Gasteiger partial charge on any atom is 0.308 e. The van der Waals surface area contributed by atoms with Gasteiger partial charge in [0.25, 0.3) is 0 Å². The zero-order valence-electron chi connectivity index (χ0n) is 67.4. The highest BCUT2D eigenvalue weighted by atomic mass is 16.5. The van der Waals surface area contributed by atoms with E-state index in [1.54, 1.807) is 54.8 Å². The first-order valence-electron chi connectivity index (χ1n) is 38.2. The quantitative estimate of drug-likeness (QED) is 0.0295. The fourth-order valence-corrected chi connectivity index (χ4v) is 8.71. The molecule has 7 heterocycles. The molecule has 1 aromatic carbocycles. The first-order valence-corrected chi connectivity index (χ1v) is 38.2. The standard InChI is InChI=1S/C11H16O.C10H20O2.C9H13NO.C9H18O2.C8H16O.2C7H12N2O.C7H14O.C6H11N3O.C5H10N4O/c1-10(2)12-9-8-11-6-4-3-5-7-11;1-9(2)12-8-5-10-3-6-11-7-4-10;2*1-8(2)11-7-9-3-5-10-6-4-9;1-7(2)9-6-8-4-3-5-8;2*1-6(2)10-4-7-3-8-5-9-7;1-6(2)8-7-4-3-5-7;1-6(2)10-5-9-4-7-3-8-9;1-4(2)10-3-5-6-8-9-7-5/h3-7,10H,8-9H2,1-2H3;9-10H,3-8H2,1-2H3;3-6,8H,7H2,1-2H3;8-9H,3-7H2,1-2H3;7-8H,3-6H2,1-2H3;2*3,5-6H,4H2,1-2H3,(H,8,9);6-7H,3-5H2,1-2H3;3-4,6H,5H2,1-2H3;4H,3H2,1-2H3,(H,6,7,8,9)/p+1. The summed E-state index contributed by atoms with van der Waals surface area (Å²) in [7, 11) is 0. The zero-order valence-corrected chi connectivity index (χ0v) is 67.4. The fourth-order valence-electron chi connectivity index (χ4n) is 8.71. The summed E-state index contributed by atoms with van der Waals surface area (Å²) >= 11 is 0. The van der Waals surface area contributed by atoms with Gasteiger partial charge in [-0.1, -0.05) is 42.0 Å². The van der Waals surface area contributed by atoms with Crippen molar-refractivity contribution in [3.63, 3.8) is 0 Å². The van der Waals surface area contributed by atoms with Crippen LogP contribution >= 0.6 is 0 Å². The molecule has 5 aromatic heterocycles. The summed E-state index contributed by atoms with van der Waals surface area (Å²) in [5, 5.41) is 16.0. The van der Waals surface area contributed by atoms with Crippen LogP contribution < -0.4 is 4.68 Å². The zero-order chi connectivity index (χ0) is 76.1. The molecule has 0 radical (unpaired) electrons. The van der Waals surface area contributed by atoms with Crippen molar-refractivity contribution in [3.05, 3.63) is 121 Å². The smallest absolute Gasteiger partial charge is 0.308 e. The molecule has 2 saturated carbocycles. The van der Waals surface area contributed by atoms with E-state index in [4.69, 9.17) is 56.8 Å². The van der Waals surface area contributed by atoms with E-state index in [1.165, 1.54) is 81.8 Å². The number of nitrogens with one attached hydrogen (secondary N) is 4. The van der Waals surface area contributed by atoms with Gasteiger partial charge in [-0.05, 0) is 255 Å². The second kappa shape index (κ2) is 63.8. The van der Waals surface area contributed by atoms with Crippen LogP contribution in [0.3, 0.4) is 0 Å². The molecule has 2 saturated heterocycles. The average Bonchev–Trinajstić information content (AvgIpc) is 1.90. The summed E-state index contributed by atoms with van der Waals surface area (Å²) in [5.41, 5.74) is 4.56. The van der Waals surface area contributed by atoms with E-state index in [0.29, 0.717) is 81.7 Å². The van der Waals surface area contributed by atoms with Crippen molar-refractivity contribution in [2.75, 3.05) is 52.9 Å². The molecule has 0 spiro atoms. The molecule has 0 unspecified atom stereocenters. The number of aromatic nitrogens is 12. The molecule has 4 aliphatic rings. The highest BCUT2D eigenvalue weighted by Gasteiger charge is 2.19. The lowest BCUT2D eigenvalue weighted by Crippen LogP contribution is -2.37. The number of nitrogens with zero attached hydrogens (tertiary/aromatic N) is 8. The first kappa shape index (κ1) is 95.5. The van der Waals surface area contributed by atoms with Gasteiger partial charge in [-0.15, -0.1) is 14.9 Å². The van der Waals surface area contributed by atoms with Crippen molar-refractivity contribution in [3.8, 4) is 0 Å². The van der Waals surface area contributed by atoms with E-state index < -0.39 is 0 Å². The van der Waals surface area contributed by atoms with Gasteiger partial charge in [-0.25, -0.2) is 9.97 Å². The number of imidazole rings is 2. The van der Waals surface area contributed by atoms with E-state index in [9.17, 15) is 0 Å². The Morgan fingerprint density at radius 1 is 0.437 bits per heavy atom. The molecule has 103 heavy (non-hydrogen) atoms. The van der Waals surface area contributed by atoms with E-state index in [1.807, 2.05) is 87.4 Å². The van der Waals surface area contributed by atoms with Crippen LogP contribution in [0.4, 0.5) is 0 Å². The van der Waals surface area contributed by atoms with Crippen LogP contribution in [0, 0.1) is 17.8 Å². The van der Waals surface area contributed by atoms with Crippen LogP contribution in [0.15, 0.2) is 92.6 Å². The largest absolute Gasteiger partial charge is 0.381 e. The average molecular weight is 1450 g/mol. The number of H-pyrrole nitrogens is 4. The number of pyridine rings is 1. The minimum absolute atomic E-state index is 0.207. The third kappa shape index (κ3) is 62.4. The van der Waals surface area contributed by atoms with Crippen molar-refractivity contribution in [2.24, 2.45) is 17.8 Å². The van der Waals surface area contributed by atoms with Crippen LogP contribution in [0.1, 0.15) is 237 Å². The first-order chi connectivity index (χ1) is 49.4. The van der Waals surface area contributed by atoms with E-state index in [-0.39, 0.29) is 24.4 Å². The Balaban J connectivity index is 0.000000573. The molecule has 4 N–H and O–H groups in total. The second-order valence-electron chi connectivity index (χ2n) is 28.4. The Hall–Kier alpha value is -5.48. The minimum Gasteiger partial charge on any atom is -0.381 e. The lowest BCUT2D eigenvalue weighted by molar-refractivity contribution is -0.784. The maximum absolute atomic E-state index is 5.53. The number of aromatic amines is 4. The van der Waals surface area contributed by atoms with Crippen LogP contribution in [0.25, 0.3) is 0 Å². The van der Waals surface area contributed by atoms with Crippen LogP contribution in [0.5, 0.6) is 0 Å². The van der Waals surface area contributed by atoms with Gasteiger partial charge in [0.1, 0.15) is 6.61 Å². The van der Waals surface area contributed by atoms with Crippen molar-refractivity contribution < 1.29 is 61.5 Å². The Morgan fingerprint density at radius 3 is 1.30 bits per heavy atom. The Morgan fingerprint density at radius 2 is 0.903 bits per heavy atom. The molecule has 10 rings (SSSR count). The van der Waals surface area contributed by atoms with Crippen LogP contribution in [-0.4, -0.2) is 176 Å². The topological polar surface area (TPSA) is 268 Å². The minimum atomic E-state index is 0.207. The third-order valence-electron chi connectivity index (χ3n) is 15.0. The van der Waals surface area contributed by atoms with Crippen molar-refractivity contribution >= 4 is 0 Å². The summed E-state index contributed by atoms with van der Waals surface area (Å²) < 4.78 is 66.2. The van der Waals surface area contributed by atoms with Gasteiger partial charge in [0.15, 0.2) is 5.82 Å². The number of hydrogen-bond acceptors (Lipinski definition) is 19. The summed E-state index contributed by atoms with van der Waals surface area (Å²) in [5.74, 6) is 3.07. The molecule has 2 aliphatic heterocycles. The van der Waals surface area contributed by atoms with Crippen molar-refractivity contribution in [1.29, 1.82) is 0 Å². The molecule has 2 aliphatic carbocycles. The van der Waals surface area contributed by atoms with Gasteiger partial charge in [-0.2, -0.15) is 10.3 Å². The molecule has 24 heteroatoms. The van der Waals surface area contributed by atoms with Gasteiger partial charge in [0.2, 0.25) is 13.1 Å². The predicted molar refractivity (Wildman–Crippen MR) is 408 cm³/mol. The Kier molecular flexibility index (Phi) is 59.1. The summed E-state index contributed by atoms with van der Waals surface area (Å²) in [6.07, 6.45) is 32.7. The highest BCUT2D eigenvalue weighted by molar-refractivity contribution is 5.14. The number of tetrazole rings is 1. The fraction of sp³-hybridized carbons (Fsp3) is 0.747. The third-order valence-corrected chi connectivity index (χ3v) is 15.0. The number of ether oxygens (including phenoxy) is 12. The molecule has 0 amide bonds. The maximum atomic E-state index is 5.53. The molecule has 590 valence electrons. The molecular formula is C79H143N12O12+. The van der Waals surface area contributed by atoms with Gasteiger partial charge in [-0.3, -0.25) is 4.98 Å². The van der Waals surface area contributed by atoms with Gasteiger partial charge in [0.05, 0.1) is 130 Å². The van der Waals surface area contributed by atoms with E-state index in [2.05, 4.69) is 149 Å². The number of benzene rings is 1. The predicted octanol–water partition coefficient (Wildman–Crippen LogP) is 15.8. The van der Waals surface area contributed by atoms with Gasteiger partial charge >= 0.3 is 6.33 Å². The highest BCUT2D eigenvalue weighted by Crippen LogP contribution is 2.27. The lowest BCUT2D eigenvalue weighted by Gasteiger charge is -2.27. The Labute approximate surface area is 621 Å². The monoisotopic (exact) mass is 1450 g/mol. The molecular weight excluding hydrogens is 1310 g/mol. The van der Waals surface area contributed by atoms with E-state index in [0.717, 1.165) is 88.4 Å². The molecule has 6 aromatic rings. The van der Waals surface area contributed by atoms with Gasteiger partial charge in [0, 0.05) is 58.6 Å². The summed E-state index contributed by atoms with van der Waals surface area (Å²) in [6, 6.07) is 14.3. The van der Waals surface area contributed by atoms with Crippen LogP contribution in [0.2, 0.25) is 0 Å². The van der Waals surface area contributed by atoms with Crippen molar-refractivity contribution in [2.45, 2.75) is 316 Å². The molecule has 4 fully saturated rings. The van der Waals surface area contributed by atoms with E-state index >= 15 is 0 Å². The number of hydrogen-bond donors (Lipinski definition) is 4. The molecule has 0 atom stereocenters. The number of rotatable bonds is 31. The lowest BCUT2D eigenvalue weighted by atomic mass is 9.86. The van der Waals surface area contributed by atoms with Gasteiger partial charge < -0.3 is 66.8 Å². The SMILES string of the molecule is CC(C)OC1CCC1.CC(C)OCC1CCC1.CC(C)OCC1CCOCC1.CC(C)OCCC1CCOCC1.CC(C)OCCc1ccccc1.CC(C)OC[n+]1cnc[nH]1.CC(C)OCc1ccncc1.CC(C)OCc1cnc[nH]1.CC(C)OCc1cnc[nH]1.CC(C)OCc1nn[nH]n1. The Bertz CT molecular complexity index is 2450. The molecule has 24 nitrogen and oxygen atoms in total.